The summed E-state index contributed by atoms with van der Waals surface area (Å²) in [7, 11) is 0. The number of nitrogens with one attached hydrogen (secondary N) is 1. The van der Waals surface area contributed by atoms with E-state index in [1.807, 2.05) is 6.92 Å². The SMILES string of the molecule is Cc1ccc(Cl)cc1C(=O)Nc1cc(Cl)nc(Cl)n1. The second-order valence-electron chi connectivity index (χ2n) is 3.76. The van der Waals surface area contributed by atoms with Crippen molar-refractivity contribution in [2.75, 3.05) is 5.32 Å². The van der Waals surface area contributed by atoms with Gasteiger partial charge in [-0.1, -0.05) is 29.3 Å². The van der Waals surface area contributed by atoms with Gasteiger partial charge in [-0.25, -0.2) is 9.97 Å². The first-order valence-electron chi connectivity index (χ1n) is 5.23. The van der Waals surface area contributed by atoms with Crippen LogP contribution in [0.25, 0.3) is 0 Å². The first kappa shape index (κ1) is 14.1. The van der Waals surface area contributed by atoms with Crippen LogP contribution in [-0.2, 0) is 0 Å². The lowest BCUT2D eigenvalue weighted by molar-refractivity contribution is 0.102. The molecule has 2 rings (SSSR count). The number of carbonyl (C=O) groups is 1. The van der Waals surface area contributed by atoms with E-state index >= 15 is 0 Å². The van der Waals surface area contributed by atoms with Crippen molar-refractivity contribution in [3.05, 3.63) is 50.9 Å². The highest BCUT2D eigenvalue weighted by Crippen LogP contribution is 2.18. The van der Waals surface area contributed by atoms with Crippen molar-refractivity contribution in [1.82, 2.24) is 9.97 Å². The lowest BCUT2D eigenvalue weighted by Gasteiger charge is -2.07. The van der Waals surface area contributed by atoms with Crippen LogP contribution in [0, 0.1) is 6.92 Å². The molecule has 0 radical (unpaired) electrons. The van der Waals surface area contributed by atoms with Gasteiger partial charge in [-0.3, -0.25) is 4.79 Å². The third-order valence-corrected chi connectivity index (χ3v) is 2.95. The average molecular weight is 317 g/mol. The van der Waals surface area contributed by atoms with Crippen LogP contribution in [0.1, 0.15) is 15.9 Å². The summed E-state index contributed by atoms with van der Waals surface area (Å²) < 4.78 is 0. The van der Waals surface area contributed by atoms with Crippen molar-refractivity contribution in [2.24, 2.45) is 0 Å². The van der Waals surface area contributed by atoms with Gasteiger partial charge in [-0.2, -0.15) is 0 Å². The van der Waals surface area contributed by atoms with Crippen LogP contribution in [0.2, 0.25) is 15.5 Å². The minimum absolute atomic E-state index is 0.0365. The topological polar surface area (TPSA) is 54.9 Å². The molecule has 1 aromatic heterocycles. The molecule has 0 saturated heterocycles. The minimum atomic E-state index is -0.342. The quantitative estimate of drug-likeness (QED) is 0.673. The smallest absolute Gasteiger partial charge is 0.257 e. The minimum Gasteiger partial charge on any atom is -0.306 e. The summed E-state index contributed by atoms with van der Waals surface area (Å²) in [6.45, 7) is 1.81. The van der Waals surface area contributed by atoms with E-state index in [1.165, 1.54) is 6.07 Å². The lowest BCUT2D eigenvalue weighted by Crippen LogP contribution is -2.14. The lowest BCUT2D eigenvalue weighted by atomic mass is 10.1. The Morgan fingerprint density at radius 3 is 2.58 bits per heavy atom. The number of rotatable bonds is 2. The average Bonchev–Trinajstić information content (AvgIpc) is 2.30. The molecule has 0 saturated carbocycles. The fourth-order valence-electron chi connectivity index (χ4n) is 1.48. The molecular weight excluding hydrogens is 309 g/mol. The summed E-state index contributed by atoms with van der Waals surface area (Å²) in [5, 5.41) is 3.19. The van der Waals surface area contributed by atoms with Crippen molar-refractivity contribution in [2.45, 2.75) is 6.92 Å². The van der Waals surface area contributed by atoms with Gasteiger partial charge in [0.15, 0.2) is 0 Å². The Morgan fingerprint density at radius 2 is 1.89 bits per heavy atom. The van der Waals surface area contributed by atoms with Gasteiger partial charge >= 0.3 is 0 Å². The zero-order chi connectivity index (χ0) is 14.0. The molecule has 0 atom stereocenters. The Bertz CT molecular complexity index is 626. The summed E-state index contributed by atoms with van der Waals surface area (Å²) >= 11 is 17.3. The normalized spacial score (nSPS) is 10.3. The highest BCUT2D eigenvalue weighted by Gasteiger charge is 2.11. The van der Waals surface area contributed by atoms with E-state index in [-0.39, 0.29) is 22.2 Å². The van der Waals surface area contributed by atoms with Crippen molar-refractivity contribution < 1.29 is 4.79 Å². The summed E-state index contributed by atoms with van der Waals surface area (Å²) in [6, 6.07) is 6.46. The number of aryl methyl sites for hydroxylation is 1. The van der Waals surface area contributed by atoms with Gasteiger partial charge in [0.25, 0.3) is 5.91 Å². The maximum atomic E-state index is 12.1. The van der Waals surface area contributed by atoms with Gasteiger partial charge in [0.1, 0.15) is 11.0 Å². The zero-order valence-corrected chi connectivity index (χ0v) is 12.0. The molecule has 1 N–H and O–H groups in total. The van der Waals surface area contributed by atoms with E-state index in [4.69, 9.17) is 34.8 Å². The highest BCUT2D eigenvalue weighted by atomic mass is 35.5. The van der Waals surface area contributed by atoms with E-state index in [1.54, 1.807) is 18.2 Å². The number of anilines is 1. The van der Waals surface area contributed by atoms with Crippen LogP contribution in [0.3, 0.4) is 0 Å². The highest BCUT2D eigenvalue weighted by molar-refractivity contribution is 6.32. The molecule has 2 aromatic rings. The van der Waals surface area contributed by atoms with Gasteiger partial charge in [-0.05, 0) is 36.2 Å². The molecule has 1 amide bonds. The molecule has 98 valence electrons. The second kappa shape index (κ2) is 5.74. The number of aromatic nitrogens is 2. The predicted octanol–water partition coefficient (Wildman–Crippen LogP) is 4.00. The molecule has 4 nitrogen and oxygen atoms in total. The van der Waals surface area contributed by atoms with Crippen LogP contribution in [-0.4, -0.2) is 15.9 Å². The number of hydrogen-bond acceptors (Lipinski definition) is 3. The first-order valence-corrected chi connectivity index (χ1v) is 6.36. The van der Waals surface area contributed by atoms with Crippen LogP contribution in [0.4, 0.5) is 5.82 Å². The third-order valence-electron chi connectivity index (χ3n) is 2.35. The van der Waals surface area contributed by atoms with Gasteiger partial charge < -0.3 is 5.32 Å². The second-order valence-corrected chi connectivity index (χ2v) is 4.92. The molecule has 1 heterocycles. The van der Waals surface area contributed by atoms with E-state index < -0.39 is 0 Å². The standard InChI is InChI=1S/C12H8Cl3N3O/c1-6-2-3-7(13)4-8(6)11(19)17-10-5-9(14)16-12(15)18-10/h2-5H,1H3,(H,16,17,18,19). The van der Waals surface area contributed by atoms with Gasteiger partial charge in [-0.15, -0.1) is 0 Å². The van der Waals surface area contributed by atoms with Gasteiger partial charge in [0.2, 0.25) is 5.28 Å². The molecule has 1 aromatic carbocycles. The molecule has 0 unspecified atom stereocenters. The van der Waals surface area contributed by atoms with E-state index in [2.05, 4.69) is 15.3 Å². The number of benzene rings is 1. The third kappa shape index (κ3) is 3.56. The fourth-order valence-corrected chi connectivity index (χ4v) is 2.06. The Kier molecular flexibility index (Phi) is 4.24. The van der Waals surface area contributed by atoms with Crippen LogP contribution in [0.15, 0.2) is 24.3 Å². The number of halogens is 3. The van der Waals surface area contributed by atoms with Crippen molar-refractivity contribution in [3.8, 4) is 0 Å². The molecule has 19 heavy (non-hydrogen) atoms. The predicted molar refractivity (Wildman–Crippen MR) is 76.2 cm³/mol. The Hall–Kier alpha value is -1.36. The van der Waals surface area contributed by atoms with Crippen molar-refractivity contribution >= 4 is 46.5 Å². The molecule has 0 aliphatic heterocycles. The fraction of sp³-hybridized carbons (Fsp3) is 0.0833. The van der Waals surface area contributed by atoms with E-state index in [0.717, 1.165) is 5.56 Å². The molecule has 0 aliphatic rings. The number of hydrogen-bond donors (Lipinski definition) is 1. The first-order chi connectivity index (χ1) is 8.95. The van der Waals surface area contributed by atoms with Crippen molar-refractivity contribution in [3.63, 3.8) is 0 Å². The van der Waals surface area contributed by atoms with Gasteiger partial charge in [0.05, 0.1) is 0 Å². The molecule has 0 bridgehead atoms. The molecule has 0 fully saturated rings. The van der Waals surface area contributed by atoms with Crippen LogP contribution < -0.4 is 5.32 Å². The number of nitrogens with zero attached hydrogens (tertiary/aromatic N) is 2. The van der Waals surface area contributed by atoms with E-state index in [9.17, 15) is 4.79 Å². The summed E-state index contributed by atoms with van der Waals surface area (Å²) in [5.74, 6) is -0.111. The summed E-state index contributed by atoms with van der Waals surface area (Å²) in [6.07, 6.45) is 0. The zero-order valence-electron chi connectivity index (χ0n) is 9.75. The molecule has 7 heteroatoms. The molecule has 0 aliphatic carbocycles. The number of carbonyl (C=O) groups excluding carboxylic acids is 1. The maximum absolute atomic E-state index is 12.1. The van der Waals surface area contributed by atoms with E-state index in [0.29, 0.717) is 10.6 Å². The summed E-state index contributed by atoms with van der Waals surface area (Å²) in [4.78, 5) is 19.6. The summed E-state index contributed by atoms with van der Waals surface area (Å²) in [5.41, 5.74) is 1.26. The Balaban J connectivity index is 2.28. The van der Waals surface area contributed by atoms with Crippen LogP contribution >= 0.6 is 34.8 Å². The van der Waals surface area contributed by atoms with Crippen molar-refractivity contribution in [1.29, 1.82) is 0 Å². The van der Waals surface area contributed by atoms with Crippen LogP contribution in [0.5, 0.6) is 0 Å². The van der Waals surface area contributed by atoms with Gasteiger partial charge in [0, 0.05) is 16.7 Å². The largest absolute Gasteiger partial charge is 0.306 e. The molecule has 0 spiro atoms. The Morgan fingerprint density at radius 1 is 1.16 bits per heavy atom. The maximum Gasteiger partial charge on any atom is 0.257 e. The molecular formula is C12H8Cl3N3O. The number of amides is 1. The monoisotopic (exact) mass is 315 g/mol. The Labute approximate surface area is 124 Å².